The highest BCUT2D eigenvalue weighted by molar-refractivity contribution is 5.68. The number of benzene rings is 2. The van der Waals surface area contributed by atoms with Crippen molar-refractivity contribution in [2.45, 2.75) is 25.5 Å². The van der Waals surface area contributed by atoms with Crippen molar-refractivity contribution in [3.8, 4) is 0 Å². The van der Waals surface area contributed by atoms with E-state index >= 15 is 0 Å². The van der Waals surface area contributed by atoms with Crippen LogP contribution in [-0.2, 0) is 11.3 Å². The fourth-order valence-electron chi connectivity index (χ4n) is 2.82. The van der Waals surface area contributed by atoms with Crippen molar-refractivity contribution < 1.29 is 13.9 Å². The van der Waals surface area contributed by atoms with Gasteiger partial charge in [0.15, 0.2) is 0 Å². The Bertz CT molecular complexity index is 627. The van der Waals surface area contributed by atoms with Gasteiger partial charge >= 0.3 is 6.09 Å². The Morgan fingerprint density at radius 3 is 2.59 bits per heavy atom. The molecule has 0 unspecified atom stereocenters. The van der Waals surface area contributed by atoms with E-state index in [2.05, 4.69) is 0 Å². The van der Waals surface area contributed by atoms with Gasteiger partial charge in [-0.1, -0.05) is 42.5 Å². The van der Waals surface area contributed by atoms with E-state index in [1.165, 1.54) is 12.1 Å². The lowest BCUT2D eigenvalue weighted by Gasteiger charge is -2.24. The number of hydrogen-bond donors (Lipinski definition) is 0. The van der Waals surface area contributed by atoms with Crippen LogP contribution in [0.25, 0.3) is 0 Å². The molecule has 114 valence electrons. The molecule has 2 aromatic carbocycles. The molecular weight excluding hydrogens is 281 g/mol. The van der Waals surface area contributed by atoms with Gasteiger partial charge in [-0.25, -0.2) is 9.18 Å². The van der Waals surface area contributed by atoms with Gasteiger partial charge in [-0.2, -0.15) is 0 Å². The highest BCUT2D eigenvalue weighted by Gasteiger charge is 2.31. The van der Waals surface area contributed by atoms with Crippen molar-refractivity contribution >= 4 is 6.09 Å². The van der Waals surface area contributed by atoms with Crippen molar-refractivity contribution in [1.29, 1.82) is 0 Å². The predicted molar refractivity (Wildman–Crippen MR) is 81.7 cm³/mol. The number of carbonyl (C=O) groups is 1. The third kappa shape index (κ3) is 3.27. The second-order valence-corrected chi connectivity index (χ2v) is 5.44. The zero-order valence-electron chi connectivity index (χ0n) is 12.2. The maximum absolute atomic E-state index is 13.0. The number of likely N-dealkylation sites (tertiary alicyclic amines) is 1. The predicted octanol–water partition coefficient (Wildman–Crippen LogP) is 4.30. The molecule has 22 heavy (non-hydrogen) atoms. The summed E-state index contributed by atoms with van der Waals surface area (Å²) in [5.74, 6) is -0.264. The molecule has 0 saturated carbocycles. The molecule has 1 heterocycles. The van der Waals surface area contributed by atoms with Crippen LogP contribution in [0.4, 0.5) is 9.18 Å². The van der Waals surface area contributed by atoms with Crippen molar-refractivity contribution in [2.75, 3.05) is 6.54 Å². The molecule has 1 aliphatic heterocycles. The largest absolute Gasteiger partial charge is 0.445 e. The molecule has 0 spiro atoms. The first-order chi connectivity index (χ1) is 10.7. The molecule has 3 rings (SSSR count). The number of nitrogens with zero attached hydrogens (tertiary/aromatic N) is 1. The topological polar surface area (TPSA) is 29.5 Å². The normalized spacial score (nSPS) is 17.5. The number of amides is 1. The second-order valence-electron chi connectivity index (χ2n) is 5.44. The fraction of sp³-hybridized carbons (Fsp3) is 0.278. The van der Waals surface area contributed by atoms with Gasteiger partial charge in [0.2, 0.25) is 0 Å². The van der Waals surface area contributed by atoms with E-state index in [0.29, 0.717) is 6.54 Å². The zero-order valence-corrected chi connectivity index (χ0v) is 12.2. The summed E-state index contributed by atoms with van der Waals surface area (Å²) in [6.07, 6.45) is 1.50. The van der Waals surface area contributed by atoms with E-state index in [4.69, 9.17) is 4.74 Å². The van der Waals surface area contributed by atoms with Crippen LogP contribution in [0.5, 0.6) is 0 Å². The number of rotatable bonds is 3. The minimum Gasteiger partial charge on any atom is -0.445 e. The van der Waals surface area contributed by atoms with Gasteiger partial charge in [0.05, 0.1) is 6.04 Å². The Balaban J connectivity index is 1.65. The molecule has 0 bridgehead atoms. The molecule has 1 atom stereocenters. The highest BCUT2D eigenvalue weighted by atomic mass is 19.1. The van der Waals surface area contributed by atoms with Gasteiger partial charge in [-0.05, 0) is 36.1 Å². The average Bonchev–Trinajstić information content (AvgIpc) is 3.04. The van der Waals surface area contributed by atoms with E-state index < -0.39 is 0 Å². The number of ether oxygens (including phenoxy) is 1. The third-order valence-corrected chi connectivity index (χ3v) is 3.95. The third-order valence-electron chi connectivity index (χ3n) is 3.95. The lowest BCUT2D eigenvalue weighted by Crippen LogP contribution is -2.31. The molecule has 0 radical (unpaired) electrons. The van der Waals surface area contributed by atoms with Crippen LogP contribution in [-0.4, -0.2) is 17.5 Å². The van der Waals surface area contributed by atoms with Crippen LogP contribution in [0, 0.1) is 5.82 Å². The maximum atomic E-state index is 13.0. The summed E-state index contributed by atoms with van der Waals surface area (Å²) < 4.78 is 18.4. The monoisotopic (exact) mass is 299 g/mol. The smallest absolute Gasteiger partial charge is 0.410 e. The molecule has 1 fully saturated rings. The van der Waals surface area contributed by atoms with E-state index in [9.17, 15) is 9.18 Å². The highest BCUT2D eigenvalue weighted by Crippen LogP contribution is 2.32. The SMILES string of the molecule is O=C(OCc1ccccc1)N1CCC[C@@H]1c1ccc(F)cc1. The van der Waals surface area contributed by atoms with Crippen molar-refractivity contribution in [1.82, 2.24) is 4.90 Å². The maximum Gasteiger partial charge on any atom is 0.410 e. The molecular formula is C18H18FNO2. The van der Waals surface area contributed by atoms with Crippen LogP contribution >= 0.6 is 0 Å². The van der Waals surface area contributed by atoms with Crippen LogP contribution in [0.1, 0.15) is 30.0 Å². The van der Waals surface area contributed by atoms with Crippen LogP contribution in [0.15, 0.2) is 54.6 Å². The minimum atomic E-state index is -0.310. The summed E-state index contributed by atoms with van der Waals surface area (Å²) in [5.41, 5.74) is 1.92. The number of hydrogen-bond acceptors (Lipinski definition) is 2. The minimum absolute atomic E-state index is 0.0242. The van der Waals surface area contributed by atoms with Crippen LogP contribution in [0.2, 0.25) is 0 Å². The second kappa shape index (κ2) is 6.60. The van der Waals surface area contributed by atoms with Gasteiger partial charge in [0, 0.05) is 6.54 Å². The zero-order chi connectivity index (χ0) is 15.4. The first-order valence-electron chi connectivity index (χ1n) is 7.47. The summed E-state index contributed by atoms with van der Waals surface area (Å²) in [4.78, 5) is 14.0. The molecule has 1 amide bonds. The van der Waals surface area contributed by atoms with Crippen LogP contribution < -0.4 is 0 Å². The fourth-order valence-corrected chi connectivity index (χ4v) is 2.82. The molecule has 1 saturated heterocycles. The molecule has 2 aromatic rings. The van der Waals surface area contributed by atoms with Crippen LogP contribution in [0.3, 0.4) is 0 Å². The molecule has 1 aliphatic rings. The Labute approximate surface area is 129 Å². The molecule has 0 aromatic heterocycles. The number of halogens is 1. The van der Waals surface area contributed by atoms with Gasteiger partial charge < -0.3 is 9.64 Å². The standard InChI is InChI=1S/C18H18FNO2/c19-16-10-8-15(9-11-16)17-7-4-12-20(17)18(21)22-13-14-5-2-1-3-6-14/h1-3,5-6,8-11,17H,4,7,12-13H2/t17-/m1/s1. The van der Waals surface area contributed by atoms with Gasteiger partial charge in [0.25, 0.3) is 0 Å². The first-order valence-corrected chi connectivity index (χ1v) is 7.47. The summed E-state index contributed by atoms with van der Waals surface area (Å²) in [5, 5.41) is 0. The van der Waals surface area contributed by atoms with Crippen molar-refractivity contribution in [3.63, 3.8) is 0 Å². The Morgan fingerprint density at radius 2 is 1.86 bits per heavy atom. The molecule has 0 aliphatic carbocycles. The quantitative estimate of drug-likeness (QED) is 0.845. The number of carbonyl (C=O) groups excluding carboxylic acids is 1. The van der Waals surface area contributed by atoms with Gasteiger partial charge in [-0.3, -0.25) is 0 Å². The lowest BCUT2D eigenvalue weighted by molar-refractivity contribution is 0.0920. The Hall–Kier alpha value is -2.36. The Morgan fingerprint density at radius 1 is 1.14 bits per heavy atom. The van der Waals surface area contributed by atoms with Crippen molar-refractivity contribution in [2.24, 2.45) is 0 Å². The van der Waals surface area contributed by atoms with E-state index in [0.717, 1.165) is 24.0 Å². The first kappa shape index (κ1) is 14.6. The van der Waals surface area contributed by atoms with Crippen molar-refractivity contribution in [3.05, 3.63) is 71.5 Å². The molecule has 3 nitrogen and oxygen atoms in total. The summed E-state index contributed by atoms with van der Waals surface area (Å²) in [7, 11) is 0. The summed E-state index contributed by atoms with van der Waals surface area (Å²) >= 11 is 0. The van der Waals surface area contributed by atoms with E-state index in [1.54, 1.807) is 17.0 Å². The summed E-state index contributed by atoms with van der Waals surface area (Å²) in [6.45, 7) is 0.946. The molecule has 0 N–H and O–H groups in total. The van der Waals surface area contributed by atoms with E-state index in [-0.39, 0.29) is 24.6 Å². The van der Waals surface area contributed by atoms with E-state index in [1.807, 2.05) is 30.3 Å². The Kier molecular flexibility index (Phi) is 4.37. The van der Waals surface area contributed by atoms with Gasteiger partial charge in [0.1, 0.15) is 12.4 Å². The molecule has 4 heteroatoms. The summed E-state index contributed by atoms with van der Waals surface area (Å²) in [6, 6.07) is 15.9. The lowest BCUT2D eigenvalue weighted by atomic mass is 10.0. The van der Waals surface area contributed by atoms with Gasteiger partial charge in [-0.15, -0.1) is 0 Å². The average molecular weight is 299 g/mol.